The lowest BCUT2D eigenvalue weighted by Gasteiger charge is -2.15. The lowest BCUT2D eigenvalue weighted by atomic mass is 10.0. The van der Waals surface area contributed by atoms with Crippen LogP contribution in [0.5, 0.6) is 0 Å². The van der Waals surface area contributed by atoms with E-state index in [1.165, 1.54) is 0 Å². The van der Waals surface area contributed by atoms with Gasteiger partial charge in [-0.25, -0.2) is 9.78 Å². The van der Waals surface area contributed by atoms with Gasteiger partial charge in [0, 0.05) is 36.7 Å². The standard InChI is InChI=1S/C21H28N6O3/c1-13(2)23-21(29)30-16-7-5-14(10-16)17-11-19(26-25-17)24-18-8-6-15(12-22-18)27-9-3-4-20(27)28/h6,8,11-14,16H,3-5,7,9-10H2,1-2H3,(H,23,29)(H2,22,24,25,26)/t14-,16+/m1/s1. The summed E-state index contributed by atoms with van der Waals surface area (Å²) in [6, 6.07) is 5.78. The first-order valence-electron chi connectivity index (χ1n) is 10.5. The lowest BCUT2D eigenvalue weighted by molar-refractivity contribution is -0.117. The Morgan fingerprint density at radius 1 is 1.30 bits per heavy atom. The molecule has 1 aliphatic carbocycles. The molecule has 1 saturated heterocycles. The van der Waals surface area contributed by atoms with Gasteiger partial charge in [-0.3, -0.25) is 9.89 Å². The Kier molecular flexibility index (Phi) is 5.87. The Morgan fingerprint density at radius 3 is 2.87 bits per heavy atom. The predicted octanol–water partition coefficient (Wildman–Crippen LogP) is 3.45. The average molecular weight is 412 g/mol. The normalized spacial score (nSPS) is 21.3. The van der Waals surface area contributed by atoms with Crippen molar-refractivity contribution in [3.8, 4) is 0 Å². The Balaban J connectivity index is 1.31. The van der Waals surface area contributed by atoms with Gasteiger partial charge >= 0.3 is 6.09 Å². The quantitative estimate of drug-likeness (QED) is 0.670. The first-order chi connectivity index (χ1) is 14.5. The molecule has 1 saturated carbocycles. The van der Waals surface area contributed by atoms with Crippen LogP contribution >= 0.6 is 0 Å². The van der Waals surface area contributed by atoms with Gasteiger partial charge < -0.3 is 20.3 Å². The third kappa shape index (κ3) is 4.72. The summed E-state index contributed by atoms with van der Waals surface area (Å²) >= 11 is 0. The van der Waals surface area contributed by atoms with Crippen LogP contribution < -0.4 is 15.5 Å². The van der Waals surface area contributed by atoms with Crippen molar-refractivity contribution in [2.75, 3.05) is 16.8 Å². The monoisotopic (exact) mass is 412 g/mol. The van der Waals surface area contributed by atoms with E-state index in [1.807, 2.05) is 32.0 Å². The average Bonchev–Trinajstić information content (AvgIpc) is 3.43. The first kappa shape index (κ1) is 20.2. The van der Waals surface area contributed by atoms with Gasteiger partial charge in [-0.1, -0.05) is 0 Å². The Bertz CT molecular complexity index is 894. The zero-order valence-corrected chi connectivity index (χ0v) is 17.4. The van der Waals surface area contributed by atoms with Crippen molar-refractivity contribution in [1.29, 1.82) is 0 Å². The molecule has 0 bridgehead atoms. The summed E-state index contributed by atoms with van der Waals surface area (Å²) in [5.74, 6) is 1.78. The molecule has 0 aromatic carbocycles. The molecular formula is C21H28N6O3. The molecule has 0 radical (unpaired) electrons. The van der Waals surface area contributed by atoms with Gasteiger partial charge in [-0.2, -0.15) is 5.10 Å². The maximum absolute atomic E-state index is 11.8. The molecule has 3 heterocycles. The predicted molar refractivity (Wildman–Crippen MR) is 113 cm³/mol. The molecule has 1 aliphatic heterocycles. The van der Waals surface area contributed by atoms with E-state index in [-0.39, 0.29) is 30.1 Å². The summed E-state index contributed by atoms with van der Waals surface area (Å²) in [5.41, 5.74) is 1.84. The molecule has 3 N–H and O–H groups in total. The molecule has 160 valence electrons. The minimum absolute atomic E-state index is 0.0643. The number of carbonyl (C=O) groups excluding carboxylic acids is 2. The minimum atomic E-state index is -0.354. The van der Waals surface area contributed by atoms with E-state index < -0.39 is 0 Å². The Morgan fingerprint density at radius 2 is 2.17 bits per heavy atom. The van der Waals surface area contributed by atoms with Crippen LogP contribution in [0.25, 0.3) is 0 Å². The molecule has 2 amide bonds. The van der Waals surface area contributed by atoms with Crippen molar-refractivity contribution in [3.05, 3.63) is 30.1 Å². The molecule has 2 fully saturated rings. The lowest BCUT2D eigenvalue weighted by Crippen LogP contribution is -2.33. The highest BCUT2D eigenvalue weighted by Crippen LogP contribution is 2.36. The number of carbonyl (C=O) groups is 2. The number of anilines is 3. The van der Waals surface area contributed by atoms with Crippen LogP contribution in [0.1, 0.15) is 57.6 Å². The zero-order valence-electron chi connectivity index (χ0n) is 17.4. The van der Waals surface area contributed by atoms with E-state index in [0.29, 0.717) is 18.1 Å². The van der Waals surface area contributed by atoms with Crippen molar-refractivity contribution in [2.24, 2.45) is 0 Å². The van der Waals surface area contributed by atoms with Crippen LogP contribution in [0.2, 0.25) is 0 Å². The number of hydrogen-bond acceptors (Lipinski definition) is 6. The number of aromatic amines is 1. The second-order valence-corrected chi connectivity index (χ2v) is 8.22. The van der Waals surface area contributed by atoms with Gasteiger partial charge in [0.25, 0.3) is 0 Å². The van der Waals surface area contributed by atoms with E-state index in [1.54, 1.807) is 11.1 Å². The summed E-state index contributed by atoms with van der Waals surface area (Å²) in [5, 5.41) is 13.4. The molecule has 2 aliphatic rings. The van der Waals surface area contributed by atoms with Gasteiger partial charge in [0.05, 0.1) is 11.9 Å². The van der Waals surface area contributed by atoms with Crippen LogP contribution in [0, 0.1) is 0 Å². The molecular weight excluding hydrogens is 384 g/mol. The molecule has 9 nitrogen and oxygen atoms in total. The van der Waals surface area contributed by atoms with Crippen molar-refractivity contribution in [1.82, 2.24) is 20.5 Å². The van der Waals surface area contributed by atoms with Gasteiger partial charge in [-0.05, 0) is 51.7 Å². The fourth-order valence-electron chi connectivity index (χ4n) is 4.03. The van der Waals surface area contributed by atoms with Gasteiger partial charge in [-0.15, -0.1) is 0 Å². The zero-order chi connectivity index (χ0) is 21.1. The second kappa shape index (κ2) is 8.73. The maximum Gasteiger partial charge on any atom is 0.407 e. The van der Waals surface area contributed by atoms with Crippen molar-refractivity contribution in [3.63, 3.8) is 0 Å². The van der Waals surface area contributed by atoms with Gasteiger partial charge in [0.1, 0.15) is 11.9 Å². The number of amides is 2. The molecule has 2 aromatic rings. The number of alkyl carbamates (subject to hydrolysis) is 1. The fraction of sp³-hybridized carbons (Fsp3) is 0.524. The summed E-state index contributed by atoms with van der Waals surface area (Å²) in [4.78, 5) is 29.8. The molecule has 30 heavy (non-hydrogen) atoms. The number of nitrogens with zero attached hydrogens (tertiary/aromatic N) is 3. The number of aromatic nitrogens is 3. The number of pyridine rings is 1. The fourth-order valence-corrected chi connectivity index (χ4v) is 4.03. The molecule has 4 rings (SSSR count). The molecule has 9 heteroatoms. The summed E-state index contributed by atoms with van der Waals surface area (Å²) in [7, 11) is 0. The number of rotatable bonds is 6. The number of H-pyrrole nitrogens is 1. The van der Waals surface area contributed by atoms with Crippen LogP contribution in [-0.2, 0) is 9.53 Å². The summed E-state index contributed by atoms with van der Waals surface area (Å²) in [6.45, 7) is 4.57. The van der Waals surface area contributed by atoms with Gasteiger partial charge in [0.2, 0.25) is 5.91 Å². The SMILES string of the molecule is CC(C)NC(=O)O[C@H]1CC[C@@H](c2cc(Nc3ccc(N4CCCC4=O)cn3)n[nH]2)C1. The van der Waals surface area contributed by atoms with Crippen molar-refractivity contribution >= 4 is 29.3 Å². The number of hydrogen-bond donors (Lipinski definition) is 3. The van der Waals surface area contributed by atoms with Gasteiger partial charge in [0.15, 0.2) is 5.82 Å². The molecule has 2 atom stereocenters. The largest absolute Gasteiger partial charge is 0.446 e. The first-order valence-corrected chi connectivity index (χ1v) is 10.5. The second-order valence-electron chi connectivity index (χ2n) is 8.22. The van der Waals surface area contributed by atoms with Crippen LogP contribution in [0.15, 0.2) is 24.4 Å². The third-order valence-corrected chi connectivity index (χ3v) is 5.49. The highest BCUT2D eigenvalue weighted by atomic mass is 16.6. The van der Waals surface area contributed by atoms with Crippen LogP contribution in [0.4, 0.5) is 22.1 Å². The smallest absolute Gasteiger partial charge is 0.407 e. The minimum Gasteiger partial charge on any atom is -0.446 e. The maximum atomic E-state index is 11.8. The van der Waals surface area contributed by atoms with E-state index in [2.05, 4.69) is 25.8 Å². The van der Waals surface area contributed by atoms with E-state index in [9.17, 15) is 9.59 Å². The topological polar surface area (TPSA) is 112 Å². The van der Waals surface area contributed by atoms with Crippen LogP contribution in [-0.4, -0.2) is 45.9 Å². The van der Waals surface area contributed by atoms with Crippen molar-refractivity contribution in [2.45, 2.75) is 64.0 Å². The Labute approximate surface area is 175 Å². The molecule has 2 aromatic heterocycles. The number of nitrogens with one attached hydrogen (secondary N) is 3. The van der Waals surface area contributed by atoms with E-state index in [0.717, 1.165) is 43.6 Å². The van der Waals surface area contributed by atoms with Crippen molar-refractivity contribution < 1.29 is 14.3 Å². The Hall–Kier alpha value is -3.10. The highest BCUT2D eigenvalue weighted by molar-refractivity contribution is 5.95. The summed E-state index contributed by atoms with van der Waals surface area (Å²) in [6.07, 6.45) is 5.35. The van der Waals surface area contributed by atoms with E-state index >= 15 is 0 Å². The molecule has 0 unspecified atom stereocenters. The number of ether oxygens (including phenoxy) is 1. The van der Waals surface area contributed by atoms with E-state index in [4.69, 9.17) is 4.74 Å². The summed E-state index contributed by atoms with van der Waals surface area (Å²) < 4.78 is 5.50. The highest BCUT2D eigenvalue weighted by Gasteiger charge is 2.30. The van der Waals surface area contributed by atoms with Crippen LogP contribution in [0.3, 0.4) is 0 Å². The molecule has 0 spiro atoms. The third-order valence-electron chi connectivity index (χ3n) is 5.49.